The fourth-order valence-corrected chi connectivity index (χ4v) is 2.51. The van der Waals surface area contributed by atoms with E-state index < -0.39 is 0 Å². The van der Waals surface area contributed by atoms with Gasteiger partial charge >= 0.3 is 0 Å². The van der Waals surface area contributed by atoms with Gasteiger partial charge in [-0.05, 0) is 59.2 Å². The van der Waals surface area contributed by atoms with Gasteiger partial charge in [0.2, 0.25) is 5.89 Å². The van der Waals surface area contributed by atoms with Crippen LogP contribution in [0.5, 0.6) is 0 Å². The van der Waals surface area contributed by atoms with Gasteiger partial charge in [0.25, 0.3) is 5.91 Å². The Morgan fingerprint density at radius 3 is 2.52 bits per heavy atom. The van der Waals surface area contributed by atoms with Crippen molar-refractivity contribution >= 4 is 35.8 Å². The molecular weight excluding hydrogens is 481 g/mol. The van der Waals surface area contributed by atoms with Crippen LogP contribution in [0.3, 0.4) is 0 Å². The lowest BCUT2D eigenvalue weighted by molar-refractivity contribution is 0.0919. The summed E-state index contributed by atoms with van der Waals surface area (Å²) in [5.41, 5.74) is 2.21. The minimum absolute atomic E-state index is 0. The number of hydrogen-bond donors (Lipinski definition) is 3. The minimum Gasteiger partial charge on any atom is -0.444 e. The van der Waals surface area contributed by atoms with Gasteiger partial charge in [0, 0.05) is 17.6 Å². The molecule has 1 amide bonds. The lowest BCUT2D eigenvalue weighted by atomic mass is 10.1. The number of guanidine groups is 1. The number of carbonyl (C=O) groups is 1. The van der Waals surface area contributed by atoms with Gasteiger partial charge in [-0.3, -0.25) is 4.79 Å². The van der Waals surface area contributed by atoms with E-state index in [4.69, 9.17) is 4.42 Å². The maximum atomic E-state index is 12.4. The molecule has 3 N–H and O–H groups in total. The third-order valence-corrected chi connectivity index (χ3v) is 3.92. The summed E-state index contributed by atoms with van der Waals surface area (Å²) in [5.74, 6) is 2.03. The number of halogens is 1. The normalized spacial score (nSPS) is 11.6. The van der Waals surface area contributed by atoms with Crippen LogP contribution in [0.4, 0.5) is 0 Å². The Morgan fingerprint density at radius 1 is 1.21 bits per heavy atom. The largest absolute Gasteiger partial charge is 0.444 e. The summed E-state index contributed by atoms with van der Waals surface area (Å²) < 4.78 is 5.59. The van der Waals surface area contributed by atoms with Gasteiger partial charge in [0.05, 0.1) is 18.8 Å². The first kappa shape index (κ1) is 24.9. The molecule has 0 saturated heterocycles. The molecule has 0 spiro atoms. The monoisotopic (exact) mass is 513 g/mol. The van der Waals surface area contributed by atoms with Crippen LogP contribution >= 0.6 is 24.0 Å². The molecule has 0 aliphatic rings. The lowest BCUT2D eigenvalue weighted by Gasteiger charge is -2.20. The highest BCUT2D eigenvalue weighted by Gasteiger charge is 2.15. The van der Waals surface area contributed by atoms with E-state index in [9.17, 15) is 4.79 Å². The number of carbonyl (C=O) groups excluding carboxylic acids is 1. The molecule has 29 heavy (non-hydrogen) atoms. The summed E-state index contributed by atoms with van der Waals surface area (Å²) in [7, 11) is 0. The molecule has 0 bridgehead atoms. The first-order valence-electron chi connectivity index (χ1n) is 9.54. The fraction of sp³-hybridized carbons (Fsp3) is 0.476. The molecule has 0 radical (unpaired) electrons. The van der Waals surface area contributed by atoms with Crippen LogP contribution in [0, 0.1) is 13.8 Å². The van der Waals surface area contributed by atoms with Gasteiger partial charge in [0.15, 0.2) is 5.96 Å². The highest BCUT2D eigenvalue weighted by molar-refractivity contribution is 14.0. The summed E-state index contributed by atoms with van der Waals surface area (Å²) in [5, 5.41) is 9.40. The molecule has 160 valence electrons. The molecule has 2 aromatic rings. The lowest BCUT2D eigenvalue weighted by Crippen LogP contribution is -2.40. The number of rotatable bonds is 6. The molecule has 1 aromatic carbocycles. The molecule has 7 nitrogen and oxygen atoms in total. The Kier molecular flexibility index (Phi) is 9.61. The summed E-state index contributed by atoms with van der Waals surface area (Å²) in [6.45, 7) is 13.4. The standard InChI is InChI=1S/C21H31N5O2.HI/c1-7-22-20(24-13-18-25-14(2)15(3)28-18)23-12-16-9-8-10-17(11-16)19(27)26-21(4,5)6;/h8-11H,7,12-13H2,1-6H3,(H,26,27)(H2,22,23,24);1H. The zero-order valence-electron chi connectivity index (χ0n) is 18.0. The summed E-state index contributed by atoms with van der Waals surface area (Å²) >= 11 is 0. The van der Waals surface area contributed by atoms with Gasteiger partial charge in [-0.25, -0.2) is 9.98 Å². The van der Waals surface area contributed by atoms with Crippen molar-refractivity contribution < 1.29 is 9.21 Å². The van der Waals surface area contributed by atoms with E-state index in [1.807, 2.05) is 65.8 Å². The Balaban J connectivity index is 0.00000420. The van der Waals surface area contributed by atoms with Crippen molar-refractivity contribution in [3.8, 4) is 0 Å². The van der Waals surface area contributed by atoms with E-state index in [2.05, 4.69) is 25.9 Å². The molecule has 1 aromatic heterocycles. The second-order valence-corrected chi connectivity index (χ2v) is 7.70. The number of aromatic nitrogens is 1. The SMILES string of the molecule is CCNC(=NCc1cccc(C(=O)NC(C)(C)C)c1)NCc1nc(C)c(C)o1.I. The predicted molar refractivity (Wildman–Crippen MR) is 127 cm³/mol. The number of hydrogen-bond acceptors (Lipinski definition) is 4. The van der Waals surface area contributed by atoms with Crippen molar-refractivity contribution in [2.75, 3.05) is 6.54 Å². The molecule has 8 heteroatoms. The summed E-state index contributed by atoms with van der Waals surface area (Å²) in [6.07, 6.45) is 0. The maximum absolute atomic E-state index is 12.4. The molecule has 0 saturated carbocycles. The van der Waals surface area contributed by atoms with Crippen molar-refractivity contribution in [1.82, 2.24) is 20.9 Å². The predicted octanol–water partition coefficient (Wildman–Crippen LogP) is 3.69. The number of aliphatic imine (C=N–C) groups is 1. The quantitative estimate of drug-likeness (QED) is 0.312. The van der Waals surface area contributed by atoms with Crippen molar-refractivity contribution in [1.29, 1.82) is 0 Å². The molecule has 0 atom stereocenters. The van der Waals surface area contributed by atoms with Crippen LogP contribution < -0.4 is 16.0 Å². The van der Waals surface area contributed by atoms with E-state index in [1.54, 1.807) is 0 Å². The van der Waals surface area contributed by atoms with E-state index in [-0.39, 0.29) is 35.4 Å². The average molecular weight is 513 g/mol. The number of amides is 1. The Bertz CT molecular complexity index is 820. The highest BCUT2D eigenvalue weighted by Crippen LogP contribution is 2.10. The molecule has 0 unspecified atom stereocenters. The molecule has 0 aliphatic heterocycles. The van der Waals surface area contributed by atoms with Gasteiger partial charge in [-0.15, -0.1) is 24.0 Å². The van der Waals surface area contributed by atoms with Gasteiger partial charge in [-0.2, -0.15) is 0 Å². The van der Waals surface area contributed by atoms with E-state index >= 15 is 0 Å². The Hall–Kier alpha value is -2.10. The molecule has 0 aliphatic carbocycles. The van der Waals surface area contributed by atoms with E-state index in [0.717, 1.165) is 23.6 Å². The third-order valence-electron chi connectivity index (χ3n) is 3.92. The molecule has 0 fully saturated rings. The highest BCUT2D eigenvalue weighted by atomic mass is 127. The molecule has 1 heterocycles. The minimum atomic E-state index is -0.274. The third kappa shape index (κ3) is 8.43. The Labute approximate surface area is 190 Å². The van der Waals surface area contributed by atoms with Crippen molar-refractivity contribution in [2.45, 2.75) is 60.2 Å². The molecular formula is C21H32IN5O2. The number of nitrogens with one attached hydrogen (secondary N) is 3. The smallest absolute Gasteiger partial charge is 0.251 e. The summed E-state index contributed by atoms with van der Waals surface area (Å²) in [4.78, 5) is 21.3. The van der Waals surface area contributed by atoms with Crippen molar-refractivity contribution in [3.05, 3.63) is 52.7 Å². The zero-order chi connectivity index (χ0) is 20.7. The van der Waals surface area contributed by atoms with Gasteiger partial charge in [0.1, 0.15) is 5.76 Å². The molecule has 2 rings (SSSR count). The first-order valence-corrected chi connectivity index (χ1v) is 9.54. The fourth-order valence-electron chi connectivity index (χ4n) is 2.51. The Morgan fingerprint density at radius 2 is 1.93 bits per heavy atom. The topological polar surface area (TPSA) is 91.5 Å². The van der Waals surface area contributed by atoms with Gasteiger partial charge in [-0.1, -0.05) is 12.1 Å². The van der Waals surface area contributed by atoms with Gasteiger partial charge < -0.3 is 20.4 Å². The number of benzene rings is 1. The second-order valence-electron chi connectivity index (χ2n) is 7.70. The summed E-state index contributed by atoms with van der Waals surface area (Å²) in [6, 6.07) is 7.52. The number of oxazole rings is 1. The first-order chi connectivity index (χ1) is 13.2. The maximum Gasteiger partial charge on any atom is 0.251 e. The van der Waals surface area contributed by atoms with Crippen LogP contribution in [-0.4, -0.2) is 28.9 Å². The van der Waals surface area contributed by atoms with Crippen molar-refractivity contribution in [2.24, 2.45) is 4.99 Å². The van der Waals surface area contributed by atoms with Crippen LogP contribution in [0.15, 0.2) is 33.7 Å². The van der Waals surface area contributed by atoms with Crippen LogP contribution in [0.2, 0.25) is 0 Å². The van der Waals surface area contributed by atoms with Crippen LogP contribution in [-0.2, 0) is 13.1 Å². The average Bonchev–Trinajstić information content (AvgIpc) is 2.94. The number of nitrogens with zero attached hydrogens (tertiary/aromatic N) is 2. The van der Waals surface area contributed by atoms with Crippen LogP contribution in [0.1, 0.15) is 61.0 Å². The van der Waals surface area contributed by atoms with E-state index in [1.165, 1.54) is 0 Å². The number of aryl methyl sites for hydroxylation is 2. The van der Waals surface area contributed by atoms with Crippen LogP contribution in [0.25, 0.3) is 0 Å². The second kappa shape index (κ2) is 11.2. The van der Waals surface area contributed by atoms with Crippen molar-refractivity contribution in [3.63, 3.8) is 0 Å². The zero-order valence-corrected chi connectivity index (χ0v) is 20.4. The van der Waals surface area contributed by atoms with E-state index in [0.29, 0.717) is 30.5 Å².